The summed E-state index contributed by atoms with van der Waals surface area (Å²) < 4.78 is 26.0. The minimum Gasteiger partial charge on any atom is -0.365 e. The van der Waals surface area contributed by atoms with E-state index in [0.29, 0.717) is 0 Å². The molecular formula is C8H6ClF2NO. The molecule has 0 fully saturated rings. The second kappa shape index (κ2) is 3.30. The van der Waals surface area contributed by atoms with Gasteiger partial charge < -0.3 is 5.73 Å². The monoisotopic (exact) mass is 205 g/mol. The van der Waals surface area contributed by atoms with Gasteiger partial charge >= 0.3 is 0 Å². The minimum absolute atomic E-state index is 0.266. The van der Waals surface area contributed by atoms with Crippen molar-refractivity contribution in [2.75, 3.05) is 0 Å². The summed E-state index contributed by atoms with van der Waals surface area (Å²) in [5.74, 6) is -2.81. The van der Waals surface area contributed by atoms with Crippen molar-refractivity contribution in [3.8, 4) is 0 Å². The molecule has 0 aromatic heterocycles. The van der Waals surface area contributed by atoms with Gasteiger partial charge in [-0.2, -0.15) is 0 Å². The average Bonchev–Trinajstić information content (AvgIpc) is 1.99. The molecule has 0 aliphatic rings. The Morgan fingerprint density at radius 2 is 2.08 bits per heavy atom. The molecule has 70 valence electrons. The second-order valence-corrected chi connectivity index (χ2v) is 2.93. The van der Waals surface area contributed by atoms with Crippen LogP contribution in [0.4, 0.5) is 8.78 Å². The van der Waals surface area contributed by atoms with Crippen molar-refractivity contribution in [1.82, 2.24) is 0 Å². The predicted octanol–water partition coefficient (Wildman–Crippen LogP) is 2.03. The third-order valence-corrected chi connectivity index (χ3v) is 1.94. The van der Waals surface area contributed by atoms with Crippen LogP contribution in [0.1, 0.15) is 15.9 Å². The molecule has 0 saturated heterocycles. The summed E-state index contributed by atoms with van der Waals surface area (Å²) in [5, 5.41) is -0.312. The maximum Gasteiger partial charge on any atom is 0.253 e. The Kier molecular flexibility index (Phi) is 2.52. The molecule has 0 bridgehead atoms. The van der Waals surface area contributed by atoms with Crippen LogP contribution in [-0.4, -0.2) is 5.91 Å². The van der Waals surface area contributed by atoms with Gasteiger partial charge in [-0.3, -0.25) is 4.79 Å². The Bertz CT molecular complexity index is 379. The normalized spacial score (nSPS) is 10.2. The zero-order valence-corrected chi connectivity index (χ0v) is 7.45. The SMILES string of the molecule is Cc1c(F)cc(Cl)c(C(N)=O)c1F. The van der Waals surface area contributed by atoms with Crippen LogP contribution in [0.3, 0.4) is 0 Å². The van der Waals surface area contributed by atoms with Crippen molar-refractivity contribution < 1.29 is 13.6 Å². The number of amides is 1. The summed E-state index contributed by atoms with van der Waals surface area (Å²) in [6.45, 7) is 1.20. The minimum atomic E-state index is -1.01. The number of hydrogen-bond donors (Lipinski definition) is 1. The maximum absolute atomic E-state index is 13.1. The van der Waals surface area contributed by atoms with E-state index in [4.69, 9.17) is 17.3 Å². The highest BCUT2D eigenvalue weighted by Gasteiger charge is 2.18. The van der Waals surface area contributed by atoms with Crippen molar-refractivity contribution in [1.29, 1.82) is 0 Å². The van der Waals surface area contributed by atoms with E-state index in [-0.39, 0.29) is 10.6 Å². The van der Waals surface area contributed by atoms with Gasteiger partial charge in [0.2, 0.25) is 0 Å². The molecule has 13 heavy (non-hydrogen) atoms. The van der Waals surface area contributed by atoms with Gasteiger partial charge in [-0.05, 0) is 13.0 Å². The van der Waals surface area contributed by atoms with Gasteiger partial charge in [0.25, 0.3) is 5.91 Å². The molecule has 0 saturated carbocycles. The predicted molar refractivity (Wildman–Crippen MR) is 44.6 cm³/mol. The lowest BCUT2D eigenvalue weighted by Gasteiger charge is -2.05. The van der Waals surface area contributed by atoms with Gasteiger partial charge in [-0.1, -0.05) is 11.6 Å². The number of primary amides is 1. The van der Waals surface area contributed by atoms with Crippen LogP contribution in [-0.2, 0) is 0 Å². The van der Waals surface area contributed by atoms with Crippen LogP contribution in [0.25, 0.3) is 0 Å². The fourth-order valence-corrected chi connectivity index (χ4v) is 1.19. The molecule has 0 unspecified atom stereocenters. The topological polar surface area (TPSA) is 43.1 Å². The molecule has 0 spiro atoms. The van der Waals surface area contributed by atoms with E-state index >= 15 is 0 Å². The molecular weight excluding hydrogens is 200 g/mol. The Balaban J connectivity index is 3.53. The average molecular weight is 206 g/mol. The number of carbonyl (C=O) groups is 1. The van der Waals surface area contributed by atoms with E-state index in [9.17, 15) is 13.6 Å². The largest absolute Gasteiger partial charge is 0.365 e. The van der Waals surface area contributed by atoms with Crippen LogP contribution >= 0.6 is 11.6 Å². The number of benzene rings is 1. The highest BCUT2D eigenvalue weighted by molar-refractivity contribution is 6.33. The van der Waals surface area contributed by atoms with Gasteiger partial charge in [0.1, 0.15) is 11.6 Å². The number of hydrogen-bond acceptors (Lipinski definition) is 1. The van der Waals surface area contributed by atoms with Crippen molar-refractivity contribution >= 4 is 17.5 Å². The molecule has 1 aromatic carbocycles. The van der Waals surface area contributed by atoms with Crippen LogP contribution in [0.15, 0.2) is 6.07 Å². The molecule has 5 heteroatoms. The molecule has 0 atom stereocenters. The van der Waals surface area contributed by atoms with Crippen molar-refractivity contribution in [2.45, 2.75) is 6.92 Å². The zero-order chi connectivity index (χ0) is 10.2. The number of halogens is 3. The second-order valence-electron chi connectivity index (χ2n) is 2.52. The fourth-order valence-electron chi connectivity index (χ4n) is 0.915. The number of carbonyl (C=O) groups excluding carboxylic acids is 1. The molecule has 1 amide bonds. The van der Waals surface area contributed by atoms with E-state index in [2.05, 4.69) is 0 Å². The molecule has 2 N–H and O–H groups in total. The van der Waals surface area contributed by atoms with E-state index in [0.717, 1.165) is 6.07 Å². The third kappa shape index (κ3) is 1.62. The van der Waals surface area contributed by atoms with Gasteiger partial charge in [0.15, 0.2) is 0 Å². The summed E-state index contributed by atoms with van der Waals surface area (Å²) in [6.07, 6.45) is 0. The first kappa shape index (κ1) is 9.92. The van der Waals surface area contributed by atoms with E-state index in [1.54, 1.807) is 0 Å². The Morgan fingerprint density at radius 3 is 2.54 bits per heavy atom. The van der Waals surface area contributed by atoms with Crippen molar-refractivity contribution in [2.24, 2.45) is 5.73 Å². The van der Waals surface area contributed by atoms with Crippen LogP contribution in [0.5, 0.6) is 0 Å². The van der Waals surface area contributed by atoms with Crippen molar-refractivity contribution in [3.05, 3.63) is 33.9 Å². The first-order valence-corrected chi connectivity index (χ1v) is 3.77. The lowest BCUT2D eigenvalue weighted by molar-refractivity contribution is 0.0996. The fraction of sp³-hybridized carbons (Fsp3) is 0.125. The Hall–Kier alpha value is -1.16. The molecule has 0 heterocycles. The molecule has 0 aliphatic heterocycles. The standard InChI is InChI=1S/C8H6ClF2NO/c1-3-5(10)2-4(9)6(7(3)11)8(12)13/h2H,1H3,(H2,12,13). The Morgan fingerprint density at radius 1 is 1.54 bits per heavy atom. The highest BCUT2D eigenvalue weighted by atomic mass is 35.5. The summed E-state index contributed by atoms with van der Waals surface area (Å²) in [7, 11) is 0. The smallest absolute Gasteiger partial charge is 0.253 e. The molecule has 1 aromatic rings. The maximum atomic E-state index is 13.1. The summed E-state index contributed by atoms with van der Waals surface area (Å²) in [6, 6.07) is 0.861. The molecule has 2 nitrogen and oxygen atoms in total. The third-order valence-electron chi connectivity index (χ3n) is 1.65. The first-order chi connectivity index (χ1) is 5.95. The number of rotatable bonds is 1. The summed E-state index contributed by atoms with van der Waals surface area (Å²) in [4.78, 5) is 10.7. The highest BCUT2D eigenvalue weighted by Crippen LogP contribution is 2.23. The van der Waals surface area contributed by atoms with Crippen LogP contribution in [0.2, 0.25) is 5.02 Å². The van der Waals surface area contributed by atoms with Crippen LogP contribution < -0.4 is 5.73 Å². The molecule has 0 aliphatic carbocycles. The molecule has 0 radical (unpaired) electrons. The van der Waals surface area contributed by atoms with E-state index < -0.39 is 23.1 Å². The van der Waals surface area contributed by atoms with Gasteiger partial charge in [0.05, 0.1) is 10.6 Å². The molecule has 1 rings (SSSR count). The quantitative estimate of drug-likeness (QED) is 0.749. The van der Waals surface area contributed by atoms with E-state index in [1.165, 1.54) is 6.92 Å². The number of nitrogens with two attached hydrogens (primary N) is 1. The zero-order valence-electron chi connectivity index (χ0n) is 6.70. The summed E-state index contributed by atoms with van der Waals surface area (Å²) in [5.41, 5.74) is 4.11. The van der Waals surface area contributed by atoms with Gasteiger partial charge in [0, 0.05) is 5.56 Å². The summed E-state index contributed by atoms with van der Waals surface area (Å²) >= 11 is 5.42. The Labute approximate surface area is 78.3 Å². The van der Waals surface area contributed by atoms with Crippen molar-refractivity contribution in [3.63, 3.8) is 0 Å². The van der Waals surface area contributed by atoms with Crippen LogP contribution in [0, 0.1) is 18.6 Å². The first-order valence-electron chi connectivity index (χ1n) is 3.39. The van der Waals surface area contributed by atoms with E-state index in [1.807, 2.05) is 0 Å². The lowest BCUT2D eigenvalue weighted by Crippen LogP contribution is -2.15. The van der Waals surface area contributed by atoms with Gasteiger partial charge in [-0.15, -0.1) is 0 Å². The van der Waals surface area contributed by atoms with Gasteiger partial charge in [-0.25, -0.2) is 8.78 Å². The lowest BCUT2D eigenvalue weighted by atomic mass is 10.1.